The van der Waals surface area contributed by atoms with Crippen molar-refractivity contribution in [2.45, 2.75) is 12.8 Å². The van der Waals surface area contributed by atoms with Gasteiger partial charge in [0, 0.05) is 19.6 Å². The third-order valence-electron chi connectivity index (χ3n) is 4.60. The van der Waals surface area contributed by atoms with E-state index >= 15 is 0 Å². The first kappa shape index (κ1) is 17.0. The second-order valence-electron chi connectivity index (χ2n) is 6.28. The molecule has 0 aliphatic carbocycles. The molecule has 24 heavy (non-hydrogen) atoms. The van der Waals surface area contributed by atoms with Crippen LogP contribution in [-0.2, 0) is 16.0 Å². The standard InChI is InChI=1S/C18H26N2O4/c1-22-16-3-4-17-14(12-16)11-15(13-24-17)18(21)19-5-2-6-20-7-9-23-10-8-20/h3-4,12,15H,2,5-11,13H2,1H3,(H,19,21). The molecule has 2 heterocycles. The predicted octanol–water partition coefficient (Wildman–Crippen LogP) is 1.08. The number of methoxy groups -OCH3 is 1. The summed E-state index contributed by atoms with van der Waals surface area (Å²) in [6, 6.07) is 5.74. The highest BCUT2D eigenvalue weighted by molar-refractivity contribution is 5.79. The van der Waals surface area contributed by atoms with E-state index in [-0.39, 0.29) is 11.8 Å². The van der Waals surface area contributed by atoms with Gasteiger partial charge in [0.15, 0.2) is 0 Å². The van der Waals surface area contributed by atoms with E-state index < -0.39 is 0 Å². The Balaban J connectivity index is 1.42. The lowest BCUT2D eigenvalue weighted by Gasteiger charge is -2.27. The number of nitrogens with one attached hydrogen (secondary N) is 1. The Labute approximate surface area is 143 Å². The van der Waals surface area contributed by atoms with Crippen molar-refractivity contribution >= 4 is 5.91 Å². The van der Waals surface area contributed by atoms with Gasteiger partial charge in [-0.1, -0.05) is 0 Å². The molecule has 1 unspecified atom stereocenters. The number of rotatable bonds is 6. The van der Waals surface area contributed by atoms with Crippen molar-refractivity contribution in [2.24, 2.45) is 5.92 Å². The van der Waals surface area contributed by atoms with E-state index in [1.165, 1.54) is 0 Å². The molecule has 2 aliphatic rings. The molecule has 0 radical (unpaired) electrons. The molecule has 1 aromatic carbocycles. The Morgan fingerprint density at radius 1 is 1.38 bits per heavy atom. The largest absolute Gasteiger partial charge is 0.497 e. The summed E-state index contributed by atoms with van der Waals surface area (Å²) in [5.41, 5.74) is 1.04. The Bertz CT molecular complexity index is 558. The van der Waals surface area contributed by atoms with E-state index in [0.29, 0.717) is 19.6 Å². The van der Waals surface area contributed by atoms with Gasteiger partial charge in [0.25, 0.3) is 0 Å². The van der Waals surface area contributed by atoms with Crippen molar-refractivity contribution in [3.05, 3.63) is 23.8 Å². The van der Waals surface area contributed by atoms with Crippen molar-refractivity contribution in [3.63, 3.8) is 0 Å². The number of fused-ring (bicyclic) bond motifs is 1. The van der Waals surface area contributed by atoms with Gasteiger partial charge < -0.3 is 19.5 Å². The highest BCUT2D eigenvalue weighted by atomic mass is 16.5. The summed E-state index contributed by atoms with van der Waals surface area (Å²) < 4.78 is 16.3. The van der Waals surface area contributed by atoms with Crippen LogP contribution in [-0.4, -0.2) is 63.9 Å². The molecule has 1 saturated heterocycles. The number of hydrogen-bond acceptors (Lipinski definition) is 5. The van der Waals surface area contributed by atoms with Crippen molar-refractivity contribution in [1.82, 2.24) is 10.2 Å². The third kappa shape index (κ3) is 4.39. The molecule has 0 saturated carbocycles. The number of morpholine rings is 1. The Morgan fingerprint density at radius 2 is 2.21 bits per heavy atom. The number of carbonyl (C=O) groups is 1. The van der Waals surface area contributed by atoms with Crippen LogP contribution in [0, 0.1) is 5.92 Å². The molecule has 3 rings (SSSR count). The fourth-order valence-corrected chi connectivity index (χ4v) is 3.15. The Hall–Kier alpha value is -1.79. The highest BCUT2D eigenvalue weighted by Gasteiger charge is 2.26. The molecule has 0 bridgehead atoms. The van der Waals surface area contributed by atoms with Gasteiger partial charge in [-0.25, -0.2) is 0 Å². The van der Waals surface area contributed by atoms with Crippen LogP contribution in [0.4, 0.5) is 0 Å². The second kappa shape index (κ2) is 8.35. The SMILES string of the molecule is COc1ccc2c(c1)CC(C(=O)NCCCN1CCOCC1)CO2. The van der Waals surface area contributed by atoms with Gasteiger partial charge in [-0.15, -0.1) is 0 Å². The molecular formula is C18H26N2O4. The average molecular weight is 334 g/mol. The normalized spacial score (nSPS) is 20.8. The number of amides is 1. The zero-order chi connectivity index (χ0) is 16.8. The quantitative estimate of drug-likeness (QED) is 0.789. The number of nitrogens with zero attached hydrogens (tertiary/aromatic N) is 1. The topological polar surface area (TPSA) is 60.0 Å². The van der Waals surface area contributed by atoms with Gasteiger partial charge in [-0.3, -0.25) is 9.69 Å². The smallest absolute Gasteiger partial charge is 0.226 e. The molecule has 1 aromatic rings. The molecule has 2 aliphatic heterocycles. The van der Waals surface area contributed by atoms with E-state index in [9.17, 15) is 4.79 Å². The summed E-state index contributed by atoms with van der Waals surface area (Å²) in [6.07, 6.45) is 1.66. The number of hydrogen-bond donors (Lipinski definition) is 1. The van der Waals surface area contributed by atoms with Gasteiger partial charge >= 0.3 is 0 Å². The minimum absolute atomic E-state index is 0.0745. The molecule has 6 heteroatoms. The molecule has 132 valence electrons. The minimum Gasteiger partial charge on any atom is -0.497 e. The van der Waals surface area contributed by atoms with Crippen LogP contribution in [0.2, 0.25) is 0 Å². The average Bonchev–Trinajstić information content (AvgIpc) is 2.65. The minimum atomic E-state index is -0.131. The van der Waals surface area contributed by atoms with Crippen LogP contribution in [0.3, 0.4) is 0 Å². The van der Waals surface area contributed by atoms with E-state index in [4.69, 9.17) is 14.2 Å². The van der Waals surface area contributed by atoms with Crippen LogP contribution >= 0.6 is 0 Å². The van der Waals surface area contributed by atoms with E-state index in [1.807, 2.05) is 18.2 Å². The lowest BCUT2D eigenvalue weighted by molar-refractivity contribution is -0.126. The third-order valence-corrected chi connectivity index (χ3v) is 4.60. The van der Waals surface area contributed by atoms with Gasteiger partial charge in [-0.2, -0.15) is 0 Å². The highest BCUT2D eigenvalue weighted by Crippen LogP contribution is 2.30. The number of carbonyl (C=O) groups excluding carboxylic acids is 1. The molecule has 1 N–H and O–H groups in total. The maximum Gasteiger partial charge on any atom is 0.226 e. The summed E-state index contributed by atoms with van der Waals surface area (Å²) in [4.78, 5) is 14.7. The summed E-state index contributed by atoms with van der Waals surface area (Å²) in [5, 5.41) is 3.04. The van der Waals surface area contributed by atoms with Crippen LogP contribution in [0.5, 0.6) is 11.5 Å². The second-order valence-corrected chi connectivity index (χ2v) is 6.28. The maximum atomic E-state index is 12.4. The van der Waals surface area contributed by atoms with Crippen molar-refractivity contribution in [2.75, 3.05) is 53.1 Å². The van der Waals surface area contributed by atoms with E-state index in [1.54, 1.807) is 7.11 Å². The zero-order valence-electron chi connectivity index (χ0n) is 14.3. The number of ether oxygens (including phenoxy) is 3. The molecule has 1 atom stereocenters. The number of benzene rings is 1. The maximum absolute atomic E-state index is 12.4. The molecule has 1 fully saturated rings. The summed E-state index contributed by atoms with van der Waals surface area (Å²) in [6.45, 7) is 5.76. The summed E-state index contributed by atoms with van der Waals surface area (Å²) in [7, 11) is 1.64. The summed E-state index contributed by atoms with van der Waals surface area (Å²) in [5.74, 6) is 1.59. The van der Waals surface area contributed by atoms with Gasteiger partial charge in [0.1, 0.15) is 18.1 Å². The van der Waals surface area contributed by atoms with Gasteiger partial charge in [0.05, 0.1) is 26.2 Å². The molecule has 0 aromatic heterocycles. The first-order valence-electron chi connectivity index (χ1n) is 8.64. The van der Waals surface area contributed by atoms with Crippen molar-refractivity contribution in [1.29, 1.82) is 0 Å². The van der Waals surface area contributed by atoms with Crippen molar-refractivity contribution < 1.29 is 19.0 Å². The van der Waals surface area contributed by atoms with Gasteiger partial charge in [0.2, 0.25) is 5.91 Å². The predicted molar refractivity (Wildman–Crippen MR) is 90.6 cm³/mol. The lowest BCUT2D eigenvalue weighted by atomic mass is 9.96. The first-order valence-corrected chi connectivity index (χ1v) is 8.64. The summed E-state index contributed by atoms with van der Waals surface area (Å²) >= 11 is 0. The van der Waals surface area contributed by atoms with Crippen LogP contribution in [0.25, 0.3) is 0 Å². The van der Waals surface area contributed by atoms with E-state index in [2.05, 4.69) is 10.2 Å². The molecule has 0 spiro atoms. The molecule has 6 nitrogen and oxygen atoms in total. The first-order chi connectivity index (χ1) is 11.8. The van der Waals surface area contributed by atoms with Crippen molar-refractivity contribution in [3.8, 4) is 11.5 Å². The monoisotopic (exact) mass is 334 g/mol. The van der Waals surface area contributed by atoms with E-state index in [0.717, 1.165) is 56.3 Å². The lowest BCUT2D eigenvalue weighted by Crippen LogP contribution is -2.40. The Kier molecular flexibility index (Phi) is 5.93. The fourth-order valence-electron chi connectivity index (χ4n) is 3.15. The van der Waals surface area contributed by atoms with Crippen LogP contribution < -0.4 is 14.8 Å². The Morgan fingerprint density at radius 3 is 3.00 bits per heavy atom. The fraction of sp³-hybridized carbons (Fsp3) is 0.611. The molecular weight excluding hydrogens is 308 g/mol. The van der Waals surface area contributed by atoms with Crippen LogP contribution in [0.15, 0.2) is 18.2 Å². The zero-order valence-corrected chi connectivity index (χ0v) is 14.3. The molecule has 1 amide bonds. The van der Waals surface area contributed by atoms with Crippen LogP contribution in [0.1, 0.15) is 12.0 Å². The van der Waals surface area contributed by atoms with Gasteiger partial charge in [-0.05, 0) is 43.1 Å².